The van der Waals surface area contributed by atoms with Crippen molar-refractivity contribution in [3.05, 3.63) is 35.9 Å². The maximum Gasteiger partial charge on any atom is 0.329 e. The van der Waals surface area contributed by atoms with Crippen LogP contribution < -0.4 is 0 Å². The summed E-state index contributed by atoms with van der Waals surface area (Å²) in [6.45, 7) is 0. The number of hydrogen-bond acceptors (Lipinski definition) is 5. The maximum atomic E-state index is 12.3. The molecule has 4 nitrogen and oxygen atoms in total. The van der Waals surface area contributed by atoms with Gasteiger partial charge in [0.2, 0.25) is 0 Å². The maximum absolute atomic E-state index is 12.3. The van der Waals surface area contributed by atoms with Gasteiger partial charge in [-0.25, -0.2) is 4.79 Å². The van der Waals surface area contributed by atoms with Crippen molar-refractivity contribution in [1.29, 1.82) is 0 Å². The summed E-state index contributed by atoms with van der Waals surface area (Å²) in [7, 11) is 1.31. The Morgan fingerprint density at radius 2 is 2.06 bits per heavy atom. The van der Waals surface area contributed by atoms with E-state index in [1.807, 2.05) is 6.07 Å². The van der Waals surface area contributed by atoms with Crippen LogP contribution in [0.2, 0.25) is 0 Å². The Hall–Kier alpha value is -1.40. The summed E-state index contributed by atoms with van der Waals surface area (Å²) in [5, 5.41) is 0. The Morgan fingerprint density at radius 3 is 2.67 bits per heavy atom. The topological polar surface area (TPSA) is 46.6 Å². The van der Waals surface area contributed by atoms with Crippen LogP contribution in [0.15, 0.2) is 30.3 Å². The third-order valence-electron chi connectivity index (χ3n) is 2.59. The normalized spacial score (nSPS) is 18.8. The molecule has 1 saturated heterocycles. The molecule has 1 amide bonds. The second-order valence-electron chi connectivity index (χ2n) is 3.66. The zero-order chi connectivity index (χ0) is 13.1. The van der Waals surface area contributed by atoms with E-state index in [9.17, 15) is 9.59 Å². The fraction of sp³-hybridized carbons (Fsp3) is 0.250. The molecular formula is C12H11NO3S2. The van der Waals surface area contributed by atoms with Gasteiger partial charge in [0.25, 0.3) is 5.91 Å². The van der Waals surface area contributed by atoms with Crippen molar-refractivity contribution in [1.82, 2.24) is 4.90 Å². The SMILES string of the molecule is COC(=O)[C@@H]1CSC(=S)N1C(=O)c1ccccc1. The molecule has 0 spiro atoms. The lowest BCUT2D eigenvalue weighted by Gasteiger charge is -2.21. The first-order chi connectivity index (χ1) is 8.65. The van der Waals surface area contributed by atoms with E-state index in [0.717, 1.165) is 0 Å². The molecule has 2 rings (SSSR count). The molecule has 0 saturated carbocycles. The third-order valence-corrected chi connectivity index (χ3v) is 4.06. The van der Waals surface area contributed by atoms with Gasteiger partial charge in [-0.1, -0.05) is 42.2 Å². The number of hydrogen-bond donors (Lipinski definition) is 0. The minimum Gasteiger partial charge on any atom is -0.467 e. The van der Waals surface area contributed by atoms with Gasteiger partial charge in [0.15, 0.2) is 0 Å². The van der Waals surface area contributed by atoms with E-state index in [4.69, 9.17) is 17.0 Å². The van der Waals surface area contributed by atoms with Gasteiger partial charge in [-0.05, 0) is 12.1 Å². The molecule has 0 aromatic heterocycles. The molecule has 1 aromatic carbocycles. The predicted octanol–water partition coefficient (Wildman–Crippen LogP) is 1.70. The minimum absolute atomic E-state index is 0.263. The van der Waals surface area contributed by atoms with Gasteiger partial charge in [0, 0.05) is 11.3 Å². The van der Waals surface area contributed by atoms with E-state index in [1.54, 1.807) is 24.3 Å². The van der Waals surface area contributed by atoms with Crippen molar-refractivity contribution in [3.63, 3.8) is 0 Å². The van der Waals surface area contributed by atoms with Crippen molar-refractivity contribution < 1.29 is 14.3 Å². The molecule has 1 aliphatic rings. The number of carbonyl (C=O) groups excluding carboxylic acids is 2. The molecule has 1 atom stereocenters. The number of ether oxygens (including phenoxy) is 1. The second-order valence-corrected chi connectivity index (χ2v) is 5.31. The second kappa shape index (κ2) is 5.49. The molecule has 6 heteroatoms. The van der Waals surface area contributed by atoms with Crippen LogP contribution in [0.25, 0.3) is 0 Å². The highest BCUT2D eigenvalue weighted by Crippen LogP contribution is 2.26. The van der Waals surface area contributed by atoms with Crippen LogP contribution in [0.3, 0.4) is 0 Å². The lowest BCUT2D eigenvalue weighted by atomic mass is 10.2. The number of thiocarbonyl (C=S) groups is 1. The lowest BCUT2D eigenvalue weighted by molar-refractivity contribution is -0.143. The van der Waals surface area contributed by atoms with Gasteiger partial charge in [-0.3, -0.25) is 9.69 Å². The fourth-order valence-electron chi connectivity index (χ4n) is 1.68. The number of benzene rings is 1. The molecule has 94 valence electrons. The Kier molecular flexibility index (Phi) is 3.98. The van der Waals surface area contributed by atoms with Gasteiger partial charge in [0.1, 0.15) is 10.4 Å². The molecule has 1 heterocycles. The van der Waals surface area contributed by atoms with E-state index in [0.29, 0.717) is 15.6 Å². The molecule has 1 aromatic rings. The number of carbonyl (C=O) groups is 2. The third kappa shape index (κ3) is 2.39. The predicted molar refractivity (Wildman–Crippen MR) is 73.5 cm³/mol. The van der Waals surface area contributed by atoms with Crippen LogP contribution in [0.1, 0.15) is 10.4 Å². The number of esters is 1. The molecule has 0 radical (unpaired) electrons. The highest BCUT2D eigenvalue weighted by atomic mass is 32.2. The summed E-state index contributed by atoms with van der Waals surface area (Å²) in [6, 6.07) is 8.13. The van der Waals surface area contributed by atoms with Crippen LogP contribution >= 0.6 is 24.0 Å². The van der Waals surface area contributed by atoms with E-state index in [1.165, 1.54) is 23.8 Å². The number of nitrogens with zero attached hydrogens (tertiary/aromatic N) is 1. The van der Waals surface area contributed by atoms with Gasteiger partial charge >= 0.3 is 5.97 Å². The van der Waals surface area contributed by atoms with Gasteiger partial charge in [-0.2, -0.15) is 0 Å². The summed E-state index contributed by atoms with van der Waals surface area (Å²) in [5.74, 6) is -0.253. The fourth-order valence-corrected chi connectivity index (χ4v) is 3.02. The van der Waals surface area contributed by atoms with Crippen molar-refractivity contribution >= 4 is 40.2 Å². The number of methoxy groups -OCH3 is 1. The van der Waals surface area contributed by atoms with Gasteiger partial charge in [0.05, 0.1) is 7.11 Å². The van der Waals surface area contributed by atoms with Crippen molar-refractivity contribution in [3.8, 4) is 0 Å². The number of amides is 1. The first-order valence-corrected chi connectivity index (χ1v) is 6.67. The lowest BCUT2D eigenvalue weighted by Crippen LogP contribution is -2.44. The summed E-state index contributed by atoms with van der Waals surface area (Å²) in [6.07, 6.45) is 0. The highest BCUT2D eigenvalue weighted by Gasteiger charge is 2.39. The molecule has 0 N–H and O–H groups in total. The average Bonchev–Trinajstić information content (AvgIpc) is 2.80. The van der Waals surface area contributed by atoms with Crippen LogP contribution in [-0.2, 0) is 9.53 Å². The van der Waals surface area contributed by atoms with Crippen molar-refractivity contribution in [2.45, 2.75) is 6.04 Å². The molecule has 1 fully saturated rings. The molecule has 18 heavy (non-hydrogen) atoms. The minimum atomic E-state index is -0.625. The Morgan fingerprint density at radius 1 is 1.39 bits per heavy atom. The van der Waals surface area contributed by atoms with Crippen LogP contribution in [0.4, 0.5) is 0 Å². The standard InChI is InChI=1S/C12H11NO3S2/c1-16-11(15)9-7-18-12(17)13(9)10(14)8-5-3-2-4-6-8/h2-6,9H,7H2,1H3/t9-/m0/s1. The summed E-state index contributed by atoms with van der Waals surface area (Å²) in [4.78, 5) is 25.3. The zero-order valence-electron chi connectivity index (χ0n) is 9.66. The molecular weight excluding hydrogens is 270 g/mol. The van der Waals surface area contributed by atoms with Crippen LogP contribution in [0, 0.1) is 0 Å². The smallest absolute Gasteiger partial charge is 0.329 e. The largest absolute Gasteiger partial charge is 0.467 e. The Bertz CT molecular complexity index is 489. The summed E-state index contributed by atoms with van der Waals surface area (Å²) >= 11 is 6.44. The monoisotopic (exact) mass is 281 g/mol. The van der Waals surface area contributed by atoms with E-state index in [-0.39, 0.29) is 5.91 Å². The Labute approximate surface area is 114 Å². The molecule has 0 unspecified atom stereocenters. The zero-order valence-corrected chi connectivity index (χ0v) is 11.3. The first kappa shape index (κ1) is 13.0. The summed E-state index contributed by atoms with van der Waals surface area (Å²) < 4.78 is 5.11. The Balaban J connectivity index is 2.27. The number of thioether (sulfide) groups is 1. The summed E-state index contributed by atoms with van der Waals surface area (Å²) in [5.41, 5.74) is 0.510. The molecule has 1 aliphatic heterocycles. The first-order valence-electron chi connectivity index (χ1n) is 5.28. The number of rotatable bonds is 2. The average molecular weight is 281 g/mol. The highest BCUT2D eigenvalue weighted by molar-refractivity contribution is 8.23. The van der Waals surface area contributed by atoms with E-state index >= 15 is 0 Å². The van der Waals surface area contributed by atoms with Crippen LogP contribution in [0.5, 0.6) is 0 Å². The van der Waals surface area contributed by atoms with Gasteiger partial charge in [-0.15, -0.1) is 0 Å². The van der Waals surface area contributed by atoms with E-state index < -0.39 is 12.0 Å². The van der Waals surface area contributed by atoms with Crippen molar-refractivity contribution in [2.75, 3.05) is 12.9 Å². The van der Waals surface area contributed by atoms with E-state index in [2.05, 4.69) is 0 Å². The molecule has 0 aliphatic carbocycles. The van der Waals surface area contributed by atoms with Gasteiger partial charge < -0.3 is 4.74 Å². The van der Waals surface area contributed by atoms with Crippen LogP contribution in [-0.4, -0.2) is 40.0 Å². The van der Waals surface area contributed by atoms with Crippen molar-refractivity contribution in [2.24, 2.45) is 0 Å². The quantitative estimate of drug-likeness (QED) is 0.610. The molecule has 0 bridgehead atoms.